The smallest absolute Gasteiger partial charge is 0.280 e. The van der Waals surface area contributed by atoms with Crippen molar-refractivity contribution in [1.29, 1.82) is 0 Å². The van der Waals surface area contributed by atoms with Crippen molar-refractivity contribution in [2.45, 2.75) is 6.54 Å². The highest BCUT2D eigenvalue weighted by molar-refractivity contribution is 5.98. The lowest BCUT2D eigenvalue weighted by Crippen LogP contribution is -2.12. The fourth-order valence-corrected chi connectivity index (χ4v) is 2.19. The maximum Gasteiger partial charge on any atom is 0.280 e. The summed E-state index contributed by atoms with van der Waals surface area (Å²) in [4.78, 5) is 28.5. The standard InChI is InChI=1S/C8H6N2O.C8H7NO/c11-8-6-3-1-2-4-7(6)9-5-10-8;10-8-7-4-2-1-3-6(7)5-9-8/h1-5H,(H,9,10,11);1-4H,5H2,(H,9,10). The molecule has 4 rings (SSSR count). The van der Waals surface area contributed by atoms with Crippen molar-refractivity contribution in [1.82, 2.24) is 15.3 Å². The summed E-state index contributed by atoms with van der Waals surface area (Å²) in [6, 6.07) is 14.9. The van der Waals surface area contributed by atoms with E-state index in [1.54, 1.807) is 6.07 Å². The zero-order chi connectivity index (χ0) is 14.7. The number of benzene rings is 2. The molecule has 3 aromatic rings. The zero-order valence-electron chi connectivity index (χ0n) is 11.2. The topological polar surface area (TPSA) is 74.8 Å². The van der Waals surface area contributed by atoms with Crippen molar-refractivity contribution < 1.29 is 4.79 Å². The van der Waals surface area contributed by atoms with Gasteiger partial charge in [0.25, 0.3) is 11.5 Å². The predicted molar refractivity (Wildman–Crippen MR) is 80.0 cm³/mol. The van der Waals surface area contributed by atoms with E-state index in [0.717, 1.165) is 16.6 Å². The number of carbonyl (C=O) groups is 1. The summed E-state index contributed by atoms with van der Waals surface area (Å²) < 4.78 is 0. The number of aromatic nitrogens is 2. The molecule has 0 aliphatic carbocycles. The molecule has 2 heterocycles. The minimum absolute atomic E-state index is 0.0515. The van der Waals surface area contributed by atoms with E-state index in [1.165, 1.54) is 6.33 Å². The average molecular weight is 279 g/mol. The van der Waals surface area contributed by atoms with Gasteiger partial charge >= 0.3 is 0 Å². The van der Waals surface area contributed by atoms with Crippen LogP contribution in [0.2, 0.25) is 0 Å². The van der Waals surface area contributed by atoms with Crippen LogP contribution >= 0.6 is 0 Å². The third-order valence-corrected chi connectivity index (χ3v) is 3.26. The molecule has 5 heteroatoms. The molecule has 2 N–H and O–H groups in total. The molecular formula is C16H13N3O2. The van der Waals surface area contributed by atoms with Crippen molar-refractivity contribution in [3.05, 3.63) is 76.3 Å². The van der Waals surface area contributed by atoms with Crippen LogP contribution in [-0.2, 0) is 6.54 Å². The molecular weight excluding hydrogens is 266 g/mol. The van der Waals surface area contributed by atoms with Gasteiger partial charge in [0, 0.05) is 12.1 Å². The molecule has 1 amide bonds. The van der Waals surface area contributed by atoms with Gasteiger partial charge in [0.1, 0.15) is 0 Å². The second-order valence-corrected chi connectivity index (χ2v) is 4.59. The molecule has 21 heavy (non-hydrogen) atoms. The molecule has 0 spiro atoms. The number of nitrogens with zero attached hydrogens (tertiary/aromatic N) is 1. The Morgan fingerprint density at radius 2 is 1.71 bits per heavy atom. The van der Waals surface area contributed by atoms with Crippen LogP contribution in [0.4, 0.5) is 0 Å². The summed E-state index contributed by atoms with van der Waals surface area (Å²) in [5.74, 6) is 0.0515. The van der Waals surface area contributed by atoms with E-state index >= 15 is 0 Å². The Hall–Kier alpha value is -2.95. The normalized spacial score (nSPS) is 12.3. The highest BCUT2D eigenvalue weighted by Crippen LogP contribution is 2.13. The molecule has 1 aromatic heterocycles. The molecule has 0 unspecified atom stereocenters. The average Bonchev–Trinajstić information content (AvgIpc) is 2.91. The van der Waals surface area contributed by atoms with Gasteiger partial charge in [-0.25, -0.2) is 0 Å². The summed E-state index contributed by atoms with van der Waals surface area (Å²) in [5, 5.41) is 3.38. The van der Waals surface area contributed by atoms with Gasteiger partial charge in [0.05, 0.1) is 17.2 Å². The maximum atomic E-state index is 11.0. The first-order chi connectivity index (χ1) is 10.3. The molecule has 0 saturated heterocycles. The molecule has 1 aliphatic rings. The lowest BCUT2D eigenvalue weighted by atomic mass is 10.1. The van der Waals surface area contributed by atoms with E-state index in [1.807, 2.05) is 42.5 Å². The maximum absolute atomic E-state index is 11.0. The van der Waals surface area contributed by atoms with Gasteiger partial charge in [0.2, 0.25) is 0 Å². The molecule has 0 bridgehead atoms. The number of carbonyl (C=O) groups excluding carboxylic acids is 1. The van der Waals surface area contributed by atoms with Gasteiger partial charge in [-0.1, -0.05) is 30.3 Å². The Labute approximate surface area is 120 Å². The minimum atomic E-state index is -0.181. The quantitative estimate of drug-likeness (QED) is 0.659. The van der Waals surface area contributed by atoms with Crippen LogP contribution in [-0.4, -0.2) is 15.9 Å². The number of aromatic amines is 1. The summed E-state index contributed by atoms with van der Waals surface area (Å²) in [7, 11) is 0. The largest absolute Gasteiger partial charge is 0.348 e. The van der Waals surface area contributed by atoms with Gasteiger partial charge in [-0.2, -0.15) is 4.98 Å². The molecule has 104 valence electrons. The highest BCUT2D eigenvalue weighted by atomic mass is 16.2. The monoisotopic (exact) mass is 279 g/mol. The number of H-pyrrole nitrogens is 1. The van der Waals surface area contributed by atoms with Crippen LogP contribution in [0.15, 0.2) is 59.7 Å². The number of fused-ring (bicyclic) bond motifs is 2. The van der Waals surface area contributed by atoms with E-state index in [-0.39, 0.29) is 11.5 Å². The third kappa shape index (κ3) is 2.67. The van der Waals surface area contributed by atoms with Gasteiger partial charge < -0.3 is 10.3 Å². The summed E-state index contributed by atoms with van der Waals surface area (Å²) in [6.07, 6.45) is 1.41. The van der Waals surface area contributed by atoms with E-state index in [2.05, 4.69) is 15.3 Å². The number of para-hydroxylation sites is 1. The van der Waals surface area contributed by atoms with Gasteiger partial charge in [-0.15, -0.1) is 0 Å². The van der Waals surface area contributed by atoms with Crippen molar-refractivity contribution in [3.8, 4) is 0 Å². The molecule has 5 nitrogen and oxygen atoms in total. The van der Waals surface area contributed by atoms with Crippen molar-refractivity contribution >= 4 is 16.8 Å². The van der Waals surface area contributed by atoms with Gasteiger partial charge in [-0.05, 0) is 23.8 Å². The third-order valence-electron chi connectivity index (χ3n) is 3.26. The first-order valence-electron chi connectivity index (χ1n) is 6.54. The lowest BCUT2D eigenvalue weighted by Gasteiger charge is -1.92. The van der Waals surface area contributed by atoms with E-state index in [0.29, 0.717) is 11.9 Å². The highest BCUT2D eigenvalue weighted by Gasteiger charge is 2.16. The Kier molecular flexibility index (Phi) is 3.47. The Morgan fingerprint density at radius 3 is 2.52 bits per heavy atom. The van der Waals surface area contributed by atoms with Crippen LogP contribution < -0.4 is 10.9 Å². The number of nitrogens with one attached hydrogen (secondary N) is 2. The number of rotatable bonds is 0. The van der Waals surface area contributed by atoms with E-state index in [9.17, 15) is 9.59 Å². The fourth-order valence-electron chi connectivity index (χ4n) is 2.19. The number of hydrogen-bond acceptors (Lipinski definition) is 3. The minimum Gasteiger partial charge on any atom is -0.348 e. The molecule has 2 aromatic carbocycles. The first-order valence-corrected chi connectivity index (χ1v) is 6.54. The van der Waals surface area contributed by atoms with Crippen molar-refractivity contribution in [2.24, 2.45) is 0 Å². The van der Waals surface area contributed by atoms with Gasteiger partial charge in [-0.3, -0.25) is 9.59 Å². The molecule has 0 fully saturated rings. The molecule has 0 saturated carbocycles. The first kappa shape index (κ1) is 13.1. The Morgan fingerprint density at radius 1 is 0.952 bits per heavy atom. The Balaban J connectivity index is 0.000000126. The summed E-state index contributed by atoms with van der Waals surface area (Å²) in [6.45, 7) is 0.689. The zero-order valence-corrected chi connectivity index (χ0v) is 11.2. The SMILES string of the molecule is O=C1NCc2ccccc21.O=c1nc[nH]c2ccccc12. The van der Waals surface area contributed by atoms with Crippen LogP contribution in [0, 0.1) is 0 Å². The second kappa shape index (κ2) is 5.58. The van der Waals surface area contributed by atoms with Crippen LogP contribution in [0.1, 0.15) is 15.9 Å². The molecule has 0 radical (unpaired) electrons. The van der Waals surface area contributed by atoms with Crippen molar-refractivity contribution in [2.75, 3.05) is 0 Å². The lowest BCUT2D eigenvalue weighted by molar-refractivity contribution is 0.0966. The van der Waals surface area contributed by atoms with Crippen LogP contribution in [0.5, 0.6) is 0 Å². The van der Waals surface area contributed by atoms with Gasteiger partial charge in [0.15, 0.2) is 0 Å². The van der Waals surface area contributed by atoms with E-state index < -0.39 is 0 Å². The van der Waals surface area contributed by atoms with Crippen LogP contribution in [0.25, 0.3) is 10.9 Å². The second-order valence-electron chi connectivity index (χ2n) is 4.59. The molecule has 1 aliphatic heterocycles. The predicted octanol–water partition coefficient (Wildman–Crippen LogP) is 1.85. The number of amides is 1. The van der Waals surface area contributed by atoms with E-state index in [4.69, 9.17) is 0 Å². The summed E-state index contributed by atoms with van der Waals surface area (Å²) in [5.41, 5.74) is 2.57. The van der Waals surface area contributed by atoms with Crippen LogP contribution in [0.3, 0.4) is 0 Å². The fraction of sp³-hybridized carbons (Fsp3) is 0.0625. The number of hydrogen-bond donors (Lipinski definition) is 2. The molecule has 0 atom stereocenters. The summed E-state index contributed by atoms with van der Waals surface area (Å²) >= 11 is 0. The Bertz CT molecular complexity index is 850. The van der Waals surface area contributed by atoms with Crippen molar-refractivity contribution in [3.63, 3.8) is 0 Å².